The van der Waals surface area contributed by atoms with Crippen molar-refractivity contribution in [1.29, 1.82) is 5.26 Å². The van der Waals surface area contributed by atoms with E-state index in [0.717, 1.165) is 15.3 Å². The average Bonchev–Trinajstić information content (AvgIpc) is 3.22. The molecule has 4 rings (SSSR count). The first kappa shape index (κ1) is 19.0. The molecule has 0 spiro atoms. The second kappa shape index (κ2) is 7.97. The molecule has 0 unspecified atom stereocenters. The minimum Gasteiger partial charge on any atom is -0.493 e. The lowest BCUT2D eigenvalue weighted by Crippen LogP contribution is -2.48. The molecule has 0 aliphatic carbocycles. The van der Waals surface area contributed by atoms with Gasteiger partial charge in [-0.25, -0.2) is 4.98 Å². The third-order valence-electron chi connectivity index (χ3n) is 4.99. The van der Waals surface area contributed by atoms with Crippen LogP contribution in [0.25, 0.3) is 10.2 Å². The van der Waals surface area contributed by atoms with Crippen LogP contribution < -0.4 is 14.4 Å². The summed E-state index contributed by atoms with van der Waals surface area (Å²) in [6.07, 6.45) is 0. The predicted octanol–water partition coefficient (Wildman–Crippen LogP) is 3.15. The molecule has 29 heavy (non-hydrogen) atoms. The molecule has 7 nitrogen and oxygen atoms in total. The predicted molar refractivity (Wildman–Crippen MR) is 112 cm³/mol. The Kier molecular flexibility index (Phi) is 5.23. The van der Waals surface area contributed by atoms with E-state index in [1.807, 2.05) is 17.0 Å². The topological polar surface area (TPSA) is 78.7 Å². The SMILES string of the molecule is COc1ccc2sc(N3CCN(C(=O)c4ccc(C#N)cc4)CC3)nc2c1OC. The Morgan fingerprint density at radius 2 is 1.79 bits per heavy atom. The van der Waals surface area contributed by atoms with Crippen molar-refractivity contribution in [3.05, 3.63) is 47.5 Å². The highest BCUT2D eigenvalue weighted by Gasteiger charge is 2.25. The number of thiazole rings is 1. The first-order valence-corrected chi connectivity index (χ1v) is 10.0. The monoisotopic (exact) mass is 408 g/mol. The Morgan fingerprint density at radius 1 is 1.07 bits per heavy atom. The number of carbonyl (C=O) groups excluding carboxylic acids is 1. The normalized spacial score (nSPS) is 14.0. The number of amides is 1. The number of piperazine rings is 1. The maximum absolute atomic E-state index is 12.7. The number of rotatable bonds is 4. The number of methoxy groups -OCH3 is 2. The Morgan fingerprint density at radius 3 is 2.41 bits per heavy atom. The lowest BCUT2D eigenvalue weighted by Gasteiger charge is -2.34. The van der Waals surface area contributed by atoms with Gasteiger partial charge in [0.15, 0.2) is 16.6 Å². The summed E-state index contributed by atoms with van der Waals surface area (Å²) in [5, 5.41) is 9.81. The van der Waals surface area contributed by atoms with E-state index in [9.17, 15) is 4.79 Å². The van der Waals surface area contributed by atoms with Crippen molar-refractivity contribution in [2.45, 2.75) is 0 Å². The van der Waals surface area contributed by atoms with Gasteiger partial charge in [0, 0.05) is 31.7 Å². The van der Waals surface area contributed by atoms with E-state index in [1.165, 1.54) is 0 Å². The summed E-state index contributed by atoms with van der Waals surface area (Å²) >= 11 is 1.61. The fraction of sp³-hybridized carbons (Fsp3) is 0.286. The van der Waals surface area contributed by atoms with Crippen molar-refractivity contribution in [3.8, 4) is 17.6 Å². The standard InChI is InChI=1S/C21H20N4O3S/c1-27-16-7-8-17-18(19(16)28-2)23-21(29-17)25-11-9-24(10-12-25)20(26)15-5-3-14(13-22)4-6-15/h3-8H,9-12H2,1-2H3. The van der Waals surface area contributed by atoms with Gasteiger partial charge in [0.25, 0.3) is 5.91 Å². The molecule has 0 atom stereocenters. The summed E-state index contributed by atoms with van der Waals surface area (Å²) in [5.74, 6) is 1.29. The van der Waals surface area contributed by atoms with Crippen LogP contribution in [0, 0.1) is 11.3 Å². The van der Waals surface area contributed by atoms with Crippen molar-refractivity contribution >= 4 is 32.6 Å². The van der Waals surface area contributed by atoms with E-state index in [2.05, 4.69) is 11.0 Å². The quantitative estimate of drug-likeness (QED) is 0.660. The fourth-order valence-electron chi connectivity index (χ4n) is 3.40. The van der Waals surface area contributed by atoms with Crippen LogP contribution in [0.2, 0.25) is 0 Å². The van der Waals surface area contributed by atoms with Crippen LogP contribution in [0.5, 0.6) is 11.5 Å². The maximum Gasteiger partial charge on any atom is 0.253 e. The minimum atomic E-state index is -0.00940. The number of benzene rings is 2. The summed E-state index contributed by atoms with van der Waals surface area (Å²) in [6.45, 7) is 2.66. The van der Waals surface area contributed by atoms with Crippen molar-refractivity contribution in [1.82, 2.24) is 9.88 Å². The molecule has 2 aromatic carbocycles. The van der Waals surface area contributed by atoms with E-state index in [-0.39, 0.29) is 5.91 Å². The van der Waals surface area contributed by atoms with Crippen LogP contribution in [0.4, 0.5) is 5.13 Å². The second-order valence-corrected chi connectivity index (χ2v) is 7.62. The zero-order valence-corrected chi connectivity index (χ0v) is 17.0. The summed E-state index contributed by atoms with van der Waals surface area (Å²) in [7, 11) is 3.23. The summed E-state index contributed by atoms with van der Waals surface area (Å²) in [5.41, 5.74) is 1.95. The van der Waals surface area contributed by atoms with Crippen LogP contribution >= 0.6 is 11.3 Å². The first-order valence-electron chi connectivity index (χ1n) is 9.20. The molecule has 1 aromatic heterocycles. The smallest absolute Gasteiger partial charge is 0.253 e. The number of nitriles is 1. The van der Waals surface area contributed by atoms with Crippen molar-refractivity contribution in [3.63, 3.8) is 0 Å². The zero-order valence-electron chi connectivity index (χ0n) is 16.2. The van der Waals surface area contributed by atoms with Gasteiger partial charge < -0.3 is 19.3 Å². The van der Waals surface area contributed by atoms with E-state index >= 15 is 0 Å². The van der Waals surface area contributed by atoms with Gasteiger partial charge in [-0.05, 0) is 36.4 Å². The van der Waals surface area contributed by atoms with Crippen LogP contribution in [0.1, 0.15) is 15.9 Å². The van der Waals surface area contributed by atoms with Crippen molar-refractivity contribution in [2.75, 3.05) is 45.3 Å². The highest BCUT2D eigenvalue weighted by molar-refractivity contribution is 7.22. The van der Waals surface area contributed by atoms with E-state index in [1.54, 1.807) is 49.8 Å². The molecule has 0 saturated carbocycles. The molecule has 1 saturated heterocycles. The molecule has 148 valence electrons. The van der Waals surface area contributed by atoms with Gasteiger partial charge in [0.1, 0.15) is 5.52 Å². The molecule has 0 N–H and O–H groups in total. The van der Waals surface area contributed by atoms with Gasteiger partial charge >= 0.3 is 0 Å². The van der Waals surface area contributed by atoms with Gasteiger partial charge in [-0.1, -0.05) is 11.3 Å². The number of nitrogens with zero attached hydrogens (tertiary/aromatic N) is 4. The molecular formula is C21H20N4O3S. The number of fused-ring (bicyclic) bond motifs is 1. The number of ether oxygens (including phenoxy) is 2. The summed E-state index contributed by atoms with van der Waals surface area (Å²) in [4.78, 5) is 21.5. The molecular weight excluding hydrogens is 388 g/mol. The van der Waals surface area contributed by atoms with Crippen LogP contribution in [0.15, 0.2) is 36.4 Å². The first-order chi connectivity index (χ1) is 14.1. The minimum absolute atomic E-state index is 0.00940. The van der Waals surface area contributed by atoms with Crippen LogP contribution in [-0.2, 0) is 0 Å². The fourth-order valence-corrected chi connectivity index (χ4v) is 4.42. The van der Waals surface area contributed by atoms with Gasteiger partial charge in [-0.15, -0.1) is 0 Å². The highest BCUT2D eigenvalue weighted by Crippen LogP contribution is 2.40. The molecule has 1 aliphatic heterocycles. The molecule has 1 fully saturated rings. The molecule has 0 bridgehead atoms. The highest BCUT2D eigenvalue weighted by atomic mass is 32.1. The largest absolute Gasteiger partial charge is 0.493 e. The zero-order chi connectivity index (χ0) is 20.4. The Hall–Kier alpha value is -3.31. The van der Waals surface area contributed by atoms with Crippen LogP contribution in [-0.4, -0.2) is 56.2 Å². The van der Waals surface area contributed by atoms with Crippen LogP contribution in [0.3, 0.4) is 0 Å². The third kappa shape index (κ3) is 3.57. The summed E-state index contributed by atoms with van der Waals surface area (Å²) < 4.78 is 11.9. The Bertz CT molecular complexity index is 1080. The molecule has 3 aromatic rings. The number of carbonyl (C=O) groups is 1. The van der Waals surface area contributed by atoms with Gasteiger partial charge in [-0.3, -0.25) is 4.79 Å². The van der Waals surface area contributed by atoms with E-state index in [0.29, 0.717) is 48.8 Å². The molecule has 1 aliphatic rings. The second-order valence-electron chi connectivity index (χ2n) is 6.61. The van der Waals surface area contributed by atoms with Gasteiger partial charge in [0.05, 0.1) is 30.6 Å². The van der Waals surface area contributed by atoms with Gasteiger partial charge in [0.2, 0.25) is 0 Å². The molecule has 1 amide bonds. The molecule has 2 heterocycles. The van der Waals surface area contributed by atoms with Crippen molar-refractivity contribution in [2.24, 2.45) is 0 Å². The number of anilines is 1. The maximum atomic E-state index is 12.7. The number of hydrogen-bond donors (Lipinski definition) is 0. The Balaban J connectivity index is 1.48. The lowest BCUT2D eigenvalue weighted by molar-refractivity contribution is 0.0747. The summed E-state index contributed by atoms with van der Waals surface area (Å²) in [6, 6.07) is 12.7. The Labute approximate surface area is 172 Å². The van der Waals surface area contributed by atoms with Gasteiger partial charge in [-0.2, -0.15) is 5.26 Å². The number of hydrogen-bond acceptors (Lipinski definition) is 7. The van der Waals surface area contributed by atoms with E-state index in [4.69, 9.17) is 19.7 Å². The molecule has 8 heteroatoms. The van der Waals surface area contributed by atoms with E-state index < -0.39 is 0 Å². The lowest BCUT2D eigenvalue weighted by atomic mass is 10.1. The average molecular weight is 408 g/mol. The molecule has 0 radical (unpaired) electrons. The van der Waals surface area contributed by atoms with Crippen molar-refractivity contribution < 1.29 is 14.3 Å². The third-order valence-corrected chi connectivity index (χ3v) is 6.07. The number of aromatic nitrogens is 1.